The predicted molar refractivity (Wildman–Crippen MR) is 83.5 cm³/mol. The molecule has 0 heterocycles. The minimum Gasteiger partial charge on any atom is -0.496 e. The molecule has 0 bridgehead atoms. The highest BCUT2D eigenvalue weighted by atomic mass is 16.5. The number of hydrogen-bond acceptors (Lipinski definition) is 3. The predicted octanol–water partition coefficient (Wildman–Crippen LogP) is 3.25. The third-order valence-electron chi connectivity index (χ3n) is 3.59. The third kappa shape index (κ3) is 4.13. The van der Waals surface area contributed by atoms with Crippen molar-refractivity contribution in [2.24, 2.45) is 0 Å². The van der Waals surface area contributed by atoms with Crippen LogP contribution >= 0.6 is 0 Å². The van der Waals surface area contributed by atoms with E-state index in [9.17, 15) is 0 Å². The maximum Gasteiger partial charge on any atom is 0.122 e. The molecule has 1 aromatic carbocycles. The molecule has 0 radical (unpaired) electrons. The average molecular weight is 264 g/mol. The van der Waals surface area contributed by atoms with E-state index in [1.165, 1.54) is 11.3 Å². The van der Waals surface area contributed by atoms with Crippen LogP contribution in [-0.2, 0) is 0 Å². The lowest BCUT2D eigenvalue weighted by Gasteiger charge is -2.32. The third-order valence-corrected chi connectivity index (χ3v) is 3.59. The fourth-order valence-corrected chi connectivity index (χ4v) is 2.17. The summed E-state index contributed by atoms with van der Waals surface area (Å²) in [5.41, 5.74) is 2.58. The van der Waals surface area contributed by atoms with Crippen molar-refractivity contribution < 1.29 is 4.74 Å². The van der Waals surface area contributed by atoms with Gasteiger partial charge in [0.1, 0.15) is 5.75 Å². The van der Waals surface area contributed by atoms with Crippen LogP contribution in [0, 0.1) is 0 Å². The van der Waals surface area contributed by atoms with Gasteiger partial charge in [-0.1, -0.05) is 13.8 Å². The van der Waals surface area contributed by atoms with Gasteiger partial charge >= 0.3 is 0 Å². The molecule has 0 aliphatic rings. The highest BCUT2D eigenvalue weighted by Crippen LogP contribution is 2.30. The molecule has 0 aliphatic carbocycles. The molecule has 0 unspecified atom stereocenters. The molecule has 0 atom stereocenters. The van der Waals surface area contributed by atoms with Gasteiger partial charge in [0.2, 0.25) is 0 Å². The zero-order chi connectivity index (χ0) is 14.6. The minimum absolute atomic E-state index is 0.0900. The summed E-state index contributed by atoms with van der Waals surface area (Å²) in [5, 5.41) is 3.34. The first-order valence-corrected chi connectivity index (χ1v) is 6.88. The molecule has 108 valence electrons. The van der Waals surface area contributed by atoms with Crippen molar-refractivity contribution in [3.8, 4) is 5.75 Å². The second kappa shape index (κ2) is 6.29. The van der Waals surface area contributed by atoms with Crippen LogP contribution in [0.15, 0.2) is 18.2 Å². The van der Waals surface area contributed by atoms with Gasteiger partial charge in [-0.25, -0.2) is 0 Å². The van der Waals surface area contributed by atoms with Crippen LogP contribution in [0.2, 0.25) is 0 Å². The van der Waals surface area contributed by atoms with Crippen LogP contribution in [0.4, 0.5) is 5.69 Å². The first-order chi connectivity index (χ1) is 8.80. The number of anilines is 1. The number of ether oxygens (including phenoxy) is 1. The highest BCUT2D eigenvalue weighted by molar-refractivity contribution is 5.54. The molecule has 0 amide bonds. The molecule has 0 fully saturated rings. The minimum atomic E-state index is 0.0900. The Morgan fingerprint density at radius 1 is 1.32 bits per heavy atom. The van der Waals surface area contributed by atoms with Gasteiger partial charge in [-0.3, -0.25) is 0 Å². The van der Waals surface area contributed by atoms with E-state index in [4.69, 9.17) is 4.74 Å². The van der Waals surface area contributed by atoms with Crippen molar-refractivity contribution in [3.63, 3.8) is 0 Å². The summed E-state index contributed by atoms with van der Waals surface area (Å²) < 4.78 is 5.43. The lowest BCUT2D eigenvalue weighted by atomic mass is 10.00. The molecule has 1 aromatic rings. The monoisotopic (exact) mass is 264 g/mol. The Bertz CT molecular complexity index is 413. The molecular weight excluding hydrogens is 236 g/mol. The zero-order valence-corrected chi connectivity index (χ0v) is 13.4. The van der Waals surface area contributed by atoms with Crippen LogP contribution in [0.25, 0.3) is 0 Å². The van der Waals surface area contributed by atoms with E-state index in [0.29, 0.717) is 5.92 Å². The largest absolute Gasteiger partial charge is 0.496 e. The van der Waals surface area contributed by atoms with Crippen molar-refractivity contribution in [2.75, 3.05) is 32.6 Å². The summed E-state index contributed by atoms with van der Waals surface area (Å²) in [4.78, 5) is 2.28. The molecule has 0 saturated heterocycles. The van der Waals surface area contributed by atoms with Gasteiger partial charge < -0.3 is 15.0 Å². The van der Waals surface area contributed by atoms with Crippen LogP contribution in [-0.4, -0.2) is 33.3 Å². The van der Waals surface area contributed by atoms with Crippen molar-refractivity contribution in [3.05, 3.63) is 23.8 Å². The lowest BCUT2D eigenvalue weighted by molar-refractivity contribution is 0.407. The molecule has 1 N–H and O–H groups in total. The molecule has 1 rings (SSSR count). The first kappa shape index (κ1) is 15.8. The van der Waals surface area contributed by atoms with Gasteiger partial charge in [0.25, 0.3) is 0 Å². The normalized spacial score (nSPS) is 11.8. The SMILES string of the molecule is CNC(C)(C)CN(C)c1ccc(OC)c(C(C)C)c1. The second-order valence-electron chi connectivity index (χ2n) is 6.07. The lowest BCUT2D eigenvalue weighted by Crippen LogP contribution is -2.46. The molecule has 0 aromatic heterocycles. The number of rotatable bonds is 6. The number of nitrogens with zero attached hydrogens (tertiary/aromatic N) is 1. The Kier molecular flexibility index (Phi) is 5.24. The van der Waals surface area contributed by atoms with E-state index in [1.807, 2.05) is 7.05 Å². The molecule has 0 spiro atoms. The Labute approximate surface area is 118 Å². The molecule has 0 saturated carbocycles. The summed E-state index contributed by atoms with van der Waals surface area (Å²) >= 11 is 0. The molecule has 3 heteroatoms. The maximum absolute atomic E-state index is 5.43. The Morgan fingerprint density at radius 3 is 2.42 bits per heavy atom. The molecule has 19 heavy (non-hydrogen) atoms. The number of benzene rings is 1. The van der Waals surface area contributed by atoms with Gasteiger partial charge in [0.15, 0.2) is 0 Å². The highest BCUT2D eigenvalue weighted by Gasteiger charge is 2.18. The smallest absolute Gasteiger partial charge is 0.122 e. The summed E-state index contributed by atoms with van der Waals surface area (Å²) in [7, 11) is 5.86. The number of nitrogens with one attached hydrogen (secondary N) is 1. The summed E-state index contributed by atoms with van der Waals surface area (Å²) in [6.07, 6.45) is 0. The van der Waals surface area contributed by atoms with Crippen LogP contribution < -0.4 is 15.0 Å². The van der Waals surface area contributed by atoms with Crippen molar-refractivity contribution in [2.45, 2.75) is 39.2 Å². The van der Waals surface area contributed by atoms with E-state index in [2.05, 4.69) is 63.2 Å². The van der Waals surface area contributed by atoms with Crippen molar-refractivity contribution >= 4 is 5.69 Å². The summed E-state index contributed by atoms with van der Waals surface area (Å²) in [6.45, 7) is 9.75. The standard InChI is InChI=1S/C16H28N2O/c1-12(2)14-10-13(8-9-15(14)19-7)18(6)11-16(3,4)17-5/h8-10,12,17H,11H2,1-7H3. The van der Waals surface area contributed by atoms with E-state index < -0.39 is 0 Å². The molecule has 0 aliphatic heterocycles. The summed E-state index contributed by atoms with van der Waals surface area (Å²) in [6, 6.07) is 6.42. The molecular formula is C16H28N2O. The Morgan fingerprint density at radius 2 is 1.95 bits per heavy atom. The fourth-order valence-electron chi connectivity index (χ4n) is 2.17. The first-order valence-electron chi connectivity index (χ1n) is 6.88. The van der Waals surface area contributed by atoms with E-state index in [1.54, 1.807) is 7.11 Å². The topological polar surface area (TPSA) is 24.5 Å². The zero-order valence-electron chi connectivity index (χ0n) is 13.4. The van der Waals surface area contributed by atoms with Gasteiger partial charge in [-0.05, 0) is 50.6 Å². The quantitative estimate of drug-likeness (QED) is 0.853. The van der Waals surface area contributed by atoms with Gasteiger partial charge in [0.05, 0.1) is 7.11 Å². The van der Waals surface area contributed by atoms with E-state index in [-0.39, 0.29) is 5.54 Å². The second-order valence-corrected chi connectivity index (χ2v) is 6.07. The van der Waals surface area contributed by atoms with Gasteiger partial charge in [-0.15, -0.1) is 0 Å². The fraction of sp³-hybridized carbons (Fsp3) is 0.625. The van der Waals surface area contributed by atoms with Crippen molar-refractivity contribution in [1.82, 2.24) is 5.32 Å². The van der Waals surface area contributed by atoms with E-state index in [0.717, 1.165) is 12.3 Å². The van der Waals surface area contributed by atoms with Crippen LogP contribution in [0.5, 0.6) is 5.75 Å². The average Bonchev–Trinajstić information content (AvgIpc) is 2.37. The van der Waals surface area contributed by atoms with Crippen LogP contribution in [0.1, 0.15) is 39.2 Å². The van der Waals surface area contributed by atoms with Crippen molar-refractivity contribution in [1.29, 1.82) is 0 Å². The molecule has 3 nitrogen and oxygen atoms in total. The van der Waals surface area contributed by atoms with Gasteiger partial charge in [-0.2, -0.15) is 0 Å². The van der Waals surface area contributed by atoms with E-state index >= 15 is 0 Å². The van der Waals surface area contributed by atoms with Crippen LogP contribution in [0.3, 0.4) is 0 Å². The maximum atomic E-state index is 5.43. The number of methoxy groups -OCH3 is 1. The Hall–Kier alpha value is -1.22. The summed E-state index contributed by atoms with van der Waals surface area (Å²) in [5.74, 6) is 1.43. The van der Waals surface area contributed by atoms with Gasteiger partial charge in [0, 0.05) is 24.8 Å². The Balaban J connectivity index is 2.98. The number of hydrogen-bond donors (Lipinski definition) is 1. The number of likely N-dealkylation sites (N-methyl/N-ethyl adjacent to an activating group) is 2.